The molecule has 0 aromatic heterocycles. The van der Waals surface area contributed by atoms with Crippen LogP contribution >= 0.6 is 7.82 Å². The molecule has 0 spiro atoms. The van der Waals surface area contributed by atoms with Gasteiger partial charge in [0.1, 0.15) is 0 Å². The fourth-order valence-corrected chi connectivity index (χ4v) is 0. The first-order valence-electron chi connectivity index (χ1n) is 1.48. The summed E-state index contributed by atoms with van der Waals surface area (Å²) < 4.78 is 40.5. The molecule has 0 aromatic carbocycles. The third-order valence-corrected chi connectivity index (χ3v) is 0. The van der Waals surface area contributed by atoms with Gasteiger partial charge >= 0.3 is 47.8 Å². The van der Waals surface area contributed by atoms with E-state index in [9.17, 15) is 0 Å². The molecule has 0 rings (SSSR count). The van der Waals surface area contributed by atoms with Crippen LogP contribution in [0.2, 0.25) is 0 Å². The molecule has 0 saturated heterocycles. The summed E-state index contributed by atoms with van der Waals surface area (Å²) >= 11 is 0. The van der Waals surface area contributed by atoms with Crippen molar-refractivity contribution in [1.29, 1.82) is 0 Å². The van der Waals surface area contributed by atoms with Crippen LogP contribution in [0, 0.1) is 0 Å². The van der Waals surface area contributed by atoms with Gasteiger partial charge in [-0.3, -0.25) is 9.11 Å². The number of hydrogen-bond donors (Lipinski definition) is 5. The van der Waals surface area contributed by atoms with Gasteiger partial charge in [-0.15, -0.1) is 0 Å². The minimum Gasteiger partial charge on any atom is -1.00 e. The van der Waals surface area contributed by atoms with Crippen LogP contribution in [0.3, 0.4) is 0 Å². The van der Waals surface area contributed by atoms with Crippen LogP contribution in [0.5, 0.6) is 0 Å². The molecule has 77 valence electrons. The summed E-state index contributed by atoms with van der Waals surface area (Å²) in [7, 11) is -9.31. The van der Waals surface area contributed by atoms with Crippen molar-refractivity contribution in [1.82, 2.24) is 0 Å². The van der Waals surface area contributed by atoms with Gasteiger partial charge in [0.15, 0.2) is 0 Å². The molecule has 0 aliphatic rings. The largest absolute Gasteiger partial charge is 1.00 e. The Balaban J connectivity index is -0.0000000267. The molecule has 0 amide bonds. The summed E-state index contributed by atoms with van der Waals surface area (Å²) in [6.07, 6.45) is 0. The van der Waals surface area contributed by atoms with Gasteiger partial charge in [0.2, 0.25) is 0 Å². The van der Waals surface area contributed by atoms with Crippen molar-refractivity contribution in [2.24, 2.45) is 0 Å². The molecule has 12 heavy (non-hydrogen) atoms. The van der Waals surface area contributed by atoms with E-state index in [0.717, 1.165) is 0 Å². The molecule has 1 radical (unpaired) electrons. The summed E-state index contributed by atoms with van der Waals surface area (Å²) in [4.78, 5) is 21.6. The average Bonchev–Trinajstić information content (AvgIpc) is 1.12. The van der Waals surface area contributed by atoms with Crippen molar-refractivity contribution in [3.63, 3.8) is 0 Å². The summed E-state index contributed by atoms with van der Waals surface area (Å²) in [5, 5.41) is 0. The second-order valence-corrected chi connectivity index (χ2v) is 2.88. The van der Waals surface area contributed by atoms with Crippen LogP contribution in [0.1, 0.15) is 1.43 Å². The molecule has 8 nitrogen and oxygen atoms in total. The van der Waals surface area contributed by atoms with E-state index in [-0.39, 0.29) is 48.1 Å². The maximum atomic E-state index is 8.88. The molecule has 0 heterocycles. The van der Waals surface area contributed by atoms with E-state index < -0.39 is 18.2 Å². The van der Waals surface area contributed by atoms with Crippen molar-refractivity contribution in [2.75, 3.05) is 0 Å². The topological polar surface area (TPSA) is 152 Å². The van der Waals surface area contributed by atoms with Crippen LogP contribution in [-0.4, -0.2) is 32.2 Å². The Hall–Kier alpha value is 1.50. The van der Waals surface area contributed by atoms with Gasteiger partial charge in [0, 0.05) is 17.1 Å². The predicted molar refractivity (Wildman–Crippen MR) is 29.6 cm³/mol. The van der Waals surface area contributed by atoms with E-state index in [1.54, 1.807) is 0 Å². The zero-order valence-corrected chi connectivity index (χ0v) is 10.3. The monoisotopic (exact) mass is 283 g/mol. The molecule has 0 saturated carbocycles. The third kappa shape index (κ3) is 564. The van der Waals surface area contributed by atoms with Gasteiger partial charge in [-0.1, -0.05) is 0 Å². The maximum Gasteiger partial charge on any atom is 1.00 e. The minimum atomic E-state index is -4.67. The predicted octanol–water partition coefficient (Wildman–Crippen LogP) is -4.47. The maximum absolute atomic E-state index is 8.88. The van der Waals surface area contributed by atoms with Gasteiger partial charge in [0.25, 0.3) is 0 Å². The first kappa shape index (κ1) is 23.4. The van der Waals surface area contributed by atoms with Crippen LogP contribution < -0.4 is 29.6 Å². The van der Waals surface area contributed by atoms with Gasteiger partial charge in [-0.25, -0.2) is 4.57 Å². The molecule has 0 atom stereocenters. The van der Waals surface area contributed by atoms with Crippen molar-refractivity contribution in [2.45, 2.75) is 0 Å². The Kier molecular flexibility index (Phi) is 17.7. The Morgan fingerprint density at radius 3 is 1.08 bits per heavy atom. The van der Waals surface area contributed by atoms with Crippen LogP contribution in [-0.2, 0) is 32.0 Å². The summed E-state index contributed by atoms with van der Waals surface area (Å²) in [5.41, 5.74) is 0. The molecule has 0 bridgehead atoms. The Labute approximate surface area is 102 Å². The Morgan fingerprint density at radius 2 is 1.08 bits per heavy atom. The summed E-state index contributed by atoms with van der Waals surface area (Å²) in [5.74, 6) is 0. The fraction of sp³-hybridized carbons (Fsp3) is 0. The van der Waals surface area contributed by atoms with Crippen LogP contribution in [0.15, 0.2) is 0 Å². The molecule has 12 heteroatoms. The van der Waals surface area contributed by atoms with Crippen molar-refractivity contribution >= 4 is 18.2 Å². The zero-order valence-electron chi connectivity index (χ0n) is 6.62. The smallest absolute Gasteiger partial charge is 1.00 e. The molecule has 0 fully saturated rings. The van der Waals surface area contributed by atoms with Gasteiger partial charge in [-0.2, -0.15) is 8.42 Å². The quantitative estimate of drug-likeness (QED) is 0.169. The van der Waals surface area contributed by atoms with E-state index in [0.29, 0.717) is 0 Å². The molecule has 0 aromatic rings. The Bertz CT molecular complexity index is 202. The zero-order chi connectivity index (χ0) is 9.00. The van der Waals surface area contributed by atoms with E-state index in [1.807, 2.05) is 0 Å². The second kappa shape index (κ2) is 9.07. The fourth-order valence-electron chi connectivity index (χ4n) is 0. The van der Waals surface area contributed by atoms with E-state index in [1.165, 1.54) is 0 Å². The molecular weight excluding hydrogens is 278 g/mol. The van der Waals surface area contributed by atoms with Crippen LogP contribution in [0.25, 0.3) is 0 Å². The van der Waals surface area contributed by atoms with Crippen molar-refractivity contribution < 1.29 is 84.8 Å². The van der Waals surface area contributed by atoms with Gasteiger partial charge in [-0.05, 0) is 0 Å². The number of hydrogen-bond acceptors (Lipinski definition) is 3. The summed E-state index contributed by atoms with van der Waals surface area (Å²) in [6, 6.07) is 0. The number of phosphoric acid groups is 1. The molecule has 0 aliphatic carbocycles. The van der Waals surface area contributed by atoms with Crippen molar-refractivity contribution in [3.05, 3.63) is 0 Å². The van der Waals surface area contributed by atoms with E-state index >= 15 is 0 Å². The van der Waals surface area contributed by atoms with Gasteiger partial charge in [0.05, 0.1) is 0 Å². The normalized spacial score (nSPS) is 9.75. The second-order valence-electron chi connectivity index (χ2n) is 0.961. The van der Waals surface area contributed by atoms with Gasteiger partial charge < -0.3 is 16.1 Å². The standard InChI is InChI=1S/Cu.Na.H3O4P.H2O4S.H/c;;2*1-5(2,3)4;/h;;(H3,1,2,3,4);(H2,1,2,3,4);/q;+1;;;-1. The van der Waals surface area contributed by atoms with Crippen molar-refractivity contribution in [3.8, 4) is 0 Å². The molecular formula is H6CuNaO8PS. The average molecular weight is 284 g/mol. The summed E-state index contributed by atoms with van der Waals surface area (Å²) in [6.45, 7) is 0. The third-order valence-electron chi connectivity index (χ3n) is 0. The van der Waals surface area contributed by atoms with E-state index in [2.05, 4.69) is 0 Å². The molecule has 0 unspecified atom stereocenters. The first-order chi connectivity index (χ1) is 4.00. The SMILES string of the molecule is O=P(O)(O)O.O=S(=O)(O)O.[Cu].[H-].[Na+]. The Morgan fingerprint density at radius 1 is 1.08 bits per heavy atom. The van der Waals surface area contributed by atoms with E-state index in [4.69, 9.17) is 36.8 Å². The minimum absolute atomic E-state index is 0. The first-order valence-corrected chi connectivity index (χ1v) is 4.44. The number of rotatable bonds is 0. The molecule has 5 N–H and O–H groups in total. The molecule has 0 aliphatic heterocycles. The van der Waals surface area contributed by atoms with Crippen LogP contribution in [0.4, 0.5) is 0 Å².